The maximum absolute atomic E-state index is 11.7. The van der Waals surface area contributed by atoms with E-state index in [2.05, 4.69) is 17.2 Å². The third-order valence-electron chi connectivity index (χ3n) is 3.09. The van der Waals surface area contributed by atoms with E-state index in [-0.39, 0.29) is 19.1 Å². The second-order valence-corrected chi connectivity index (χ2v) is 4.88. The van der Waals surface area contributed by atoms with Gasteiger partial charge in [-0.1, -0.05) is 41.7 Å². The van der Waals surface area contributed by atoms with Crippen LogP contribution < -0.4 is 14.8 Å². The molecular weight excluding hydrogens is 290 g/mol. The van der Waals surface area contributed by atoms with Crippen LogP contribution in [0.25, 0.3) is 0 Å². The van der Waals surface area contributed by atoms with E-state index in [4.69, 9.17) is 9.47 Å². The average Bonchev–Trinajstić information content (AvgIpc) is 2.58. The third-order valence-corrected chi connectivity index (χ3v) is 3.09. The number of methoxy groups -OCH3 is 1. The lowest BCUT2D eigenvalue weighted by Crippen LogP contribution is -2.29. The number of hydrogen-bond donors (Lipinski definition) is 1. The first-order valence-electron chi connectivity index (χ1n) is 7.27. The standard InChI is InChI=1S/C19H19NO3/c1-15-9-11-17(12-10-15)23-14-19(21)20-13-5-7-16-6-3-4-8-18(16)22-2/h3-4,6,8-12H,13-14H2,1-2H3,(H,20,21). The SMILES string of the molecule is COc1ccccc1C#CCNC(=O)COc1ccc(C)cc1. The summed E-state index contributed by atoms with van der Waals surface area (Å²) in [5, 5.41) is 2.69. The molecule has 118 valence electrons. The van der Waals surface area contributed by atoms with E-state index in [0.717, 1.165) is 11.1 Å². The molecule has 2 rings (SSSR count). The summed E-state index contributed by atoms with van der Waals surface area (Å²) in [6, 6.07) is 15.0. The van der Waals surface area contributed by atoms with E-state index >= 15 is 0 Å². The van der Waals surface area contributed by atoms with E-state index < -0.39 is 0 Å². The summed E-state index contributed by atoms with van der Waals surface area (Å²) in [5.41, 5.74) is 1.94. The van der Waals surface area contributed by atoms with Crippen LogP contribution in [0.15, 0.2) is 48.5 Å². The highest BCUT2D eigenvalue weighted by Gasteiger charge is 2.01. The van der Waals surface area contributed by atoms with Gasteiger partial charge in [-0.15, -0.1) is 0 Å². The molecule has 0 aliphatic rings. The zero-order chi connectivity index (χ0) is 16.5. The molecular formula is C19H19NO3. The van der Waals surface area contributed by atoms with Crippen molar-refractivity contribution >= 4 is 5.91 Å². The van der Waals surface area contributed by atoms with Crippen molar-refractivity contribution in [1.29, 1.82) is 0 Å². The highest BCUT2D eigenvalue weighted by atomic mass is 16.5. The summed E-state index contributed by atoms with van der Waals surface area (Å²) in [5.74, 6) is 7.04. The first-order valence-corrected chi connectivity index (χ1v) is 7.27. The van der Waals surface area contributed by atoms with Gasteiger partial charge in [-0.05, 0) is 31.2 Å². The molecule has 0 spiro atoms. The number of ether oxygens (including phenoxy) is 2. The molecule has 0 unspecified atom stereocenters. The fraction of sp³-hybridized carbons (Fsp3) is 0.211. The largest absolute Gasteiger partial charge is 0.495 e. The summed E-state index contributed by atoms with van der Waals surface area (Å²) in [4.78, 5) is 11.7. The van der Waals surface area contributed by atoms with Crippen LogP contribution in [-0.2, 0) is 4.79 Å². The molecule has 1 amide bonds. The number of nitrogens with one attached hydrogen (secondary N) is 1. The van der Waals surface area contributed by atoms with Crippen LogP contribution in [0, 0.1) is 18.8 Å². The summed E-state index contributed by atoms with van der Waals surface area (Å²) < 4.78 is 10.6. The summed E-state index contributed by atoms with van der Waals surface area (Å²) in [7, 11) is 1.60. The van der Waals surface area contributed by atoms with Crippen LogP contribution in [0.2, 0.25) is 0 Å². The fourth-order valence-corrected chi connectivity index (χ4v) is 1.86. The van der Waals surface area contributed by atoms with Gasteiger partial charge in [0.2, 0.25) is 0 Å². The minimum Gasteiger partial charge on any atom is -0.495 e. The van der Waals surface area contributed by atoms with Crippen molar-refractivity contribution < 1.29 is 14.3 Å². The molecule has 23 heavy (non-hydrogen) atoms. The Bertz CT molecular complexity index is 711. The highest BCUT2D eigenvalue weighted by Crippen LogP contribution is 2.15. The quantitative estimate of drug-likeness (QED) is 0.864. The van der Waals surface area contributed by atoms with Gasteiger partial charge in [0.05, 0.1) is 19.2 Å². The van der Waals surface area contributed by atoms with Gasteiger partial charge in [0.25, 0.3) is 5.91 Å². The van der Waals surface area contributed by atoms with Crippen LogP contribution in [0.4, 0.5) is 0 Å². The van der Waals surface area contributed by atoms with E-state index in [0.29, 0.717) is 11.5 Å². The lowest BCUT2D eigenvalue weighted by molar-refractivity contribution is -0.122. The van der Waals surface area contributed by atoms with E-state index in [1.54, 1.807) is 7.11 Å². The van der Waals surface area contributed by atoms with Gasteiger partial charge in [0.15, 0.2) is 6.61 Å². The summed E-state index contributed by atoms with van der Waals surface area (Å²) in [6.07, 6.45) is 0. The molecule has 0 saturated heterocycles. The molecule has 0 atom stereocenters. The van der Waals surface area contributed by atoms with Crippen molar-refractivity contribution in [2.24, 2.45) is 0 Å². The van der Waals surface area contributed by atoms with Gasteiger partial charge in [0.1, 0.15) is 11.5 Å². The Morgan fingerprint density at radius 2 is 1.87 bits per heavy atom. The number of para-hydroxylation sites is 1. The maximum atomic E-state index is 11.7. The maximum Gasteiger partial charge on any atom is 0.258 e. The van der Waals surface area contributed by atoms with Gasteiger partial charge in [-0.2, -0.15) is 0 Å². The van der Waals surface area contributed by atoms with Crippen molar-refractivity contribution in [1.82, 2.24) is 5.32 Å². The zero-order valence-electron chi connectivity index (χ0n) is 13.3. The molecule has 4 nitrogen and oxygen atoms in total. The van der Waals surface area contributed by atoms with Crippen molar-refractivity contribution in [2.45, 2.75) is 6.92 Å². The van der Waals surface area contributed by atoms with Crippen molar-refractivity contribution in [3.63, 3.8) is 0 Å². The molecule has 2 aromatic rings. The molecule has 0 bridgehead atoms. The first-order chi connectivity index (χ1) is 11.2. The second kappa shape index (κ2) is 8.50. The van der Waals surface area contributed by atoms with Crippen molar-refractivity contribution in [3.05, 3.63) is 59.7 Å². The number of hydrogen-bond acceptors (Lipinski definition) is 3. The van der Waals surface area contributed by atoms with Crippen LogP contribution in [0.5, 0.6) is 11.5 Å². The van der Waals surface area contributed by atoms with Gasteiger partial charge in [-0.3, -0.25) is 4.79 Å². The Kier molecular flexibility index (Phi) is 6.07. The molecule has 0 radical (unpaired) electrons. The molecule has 0 saturated carbocycles. The molecule has 4 heteroatoms. The number of amides is 1. The normalized spacial score (nSPS) is 9.48. The minimum absolute atomic E-state index is 0.0284. The molecule has 1 N–H and O–H groups in total. The zero-order valence-corrected chi connectivity index (χ0v) is 13.3. The Labute approximate surface area is 136 Å². The van der Waals surface area contributed by atoms with Crippen molar-refractivity contribution in [2.75, 3.05) is 20.3 Å². The van der Waals surface area contributed by atoms with Crippen LogP contribution in [0.1, 0.15) is 11.1 Å². The lowest BCUT2D eigenvalue weighted by Gasteiger charge is -2.05. The molecule has 0 fully saturated rings. The topological polar surface area (TPSA) is 47.6 Å². The Hall–Kier alpha value is -2.93. The smallest absolute Gasteiger partial charge is 0.258 e. The molecule has 0 heterocycles. The predicted molar refractivity (Wildman–Crippen MR) is 89.6 cm³/mol. The molecule has 2 aromatic carbocycles. The predicted octanol–water partition coefficient (Wildman–Crippen LogP) is 2.55. The molecule has 0 aliphatic carbocycles. The number of aryl methyl sites for hydroxylation is 1. The third kappa shape index (κ3) is 5.40. The summed E-state index contributed by atoms with van der Waals surface area (Å²) >= 11 is 0. The van der Waals surface area contributed by atoms with Gasteiger partial charge in [-0.25, -0.2) is 0 Å². The van der Waals surface area contributed by atoms with Gasteiger partial charge >= 0.3 is 0 Å². The van der Waals surface area contributed by atoms with Gasteiger partial charge in [0, 0.05) is 0 Å². The van der Waals surface area contributed by atoms with E-state index in [1.807, 2.05) is 55.5 Å². The monoisotopic (exact) mass is 309 g/mol. The highest BCUT2D eigenvalue weighted by molar-refractivity contribution is 5.77. The molecule has 0 aromatic heterocycles. The average molecular weight is 309 g/mol. The van der Waals surface area contributed by atoms with Crippen LogP contribution >= 0.6 is 0 Å². The Balaban J connectivity index is 1.77. The van der Waals surface area contributed by atoms with E-state index in [1.165, 1.54) is 0 Å². The molecule has 0 aliphatic heterocycles. The van der Waals surface area contributed by atoms with Crippen LogP contribution in [0.3, 0.4) is 0 Å². The number of rotatable bonds is 5. The lowest BCUT2D eigenvalue weighted by atomic mass is 10.2. The van der Waals surface area contributed by atoms with Gasteiger partial charge < -0.3 is 14.8 Å². The summed E-state index contributed by atoms with van der Waals surface area (Å²) in [6.45, 7) is 2.23. The first kappa shape index (κ1) is 16.4. The second-order valence-electron chi connectivity index (χ2n) is 4.88. The minimum atomic E-state index is -0.208. The van der Waals surface area contributed by atoms with E-state index in [9.17, 15) is 4.79 Å². The van der Waals surface area contributed by atoms with Crippen LogP contribution in [-0.4, -0.2) is 26.2 Å². The Morgan fingerprint density at radius 3 is 2.61 bits per heavy atom. The number of benzene rings is 2. The number of carbonyl (C=O) groups excluding carboxylic acids is 1. The fourth-order valence-electron chi connectivity index (χ4n) is 1.86. The number of carbonyl (C=O) groups is 1. The Morgan fingerprint density at radius 1 is 1.13 bits per heavy atom. The van der Waals surface area contributed by atoms with Crippen molar-refractivity contribution in [3.8, 4) is 23.3 Å².